The van der Waals surface area contributed by atoms with Gasteiger partial charge in [-0.3, -0.25) is 14.2 Å². The first-order valence-corrected chi connectivity index (χ1v) is 7.25. The van der Waals surface area contributed by atoms with E-state index in [4.69, 9.17) is 0 Å². The molecule has 0 saturated heterocycles. The number of anilines is 1. The second-order valence-electron chi connectivity index (χ2n) is 5.39. The van der Waals surface area contributed by atoms with Gasteiger partial charge >= 0.3 is 0 Å². The van der Waals surface area contributed by atoms with Gasteiger partial charge in [-0.25, -0.2) is 9.37 Å². The van der Waals surface area contributed by atoms with Gasteiger partial charge < -0.3 is 5.32 Å². The lowest BCUT2D eigenvalue weighted by Gasteiger charge is -2.07. The Morgan fingerprint density at radius 3 is 2.74 bits per heavy atom. The first kappa shape index (κ1) is 13.6. The zero-order chi connectivity index (χ0) is 16.0. The SMILES string of the molecule is C[C@@H]1N=C(c2ccc(F)cc2)Nc2nc3ccccn3c2C1=O. The summed E-state index contributed by atoms with van der Waals surface area (Å²) in [6, 6.07) is 11.0. The van der Waals surface area contributed by atoms with Gasteiger partial charge in [0.25, 0.3) is 0 Å². The van der Waals surface area contributed by atoms with Crippen LogP contribution >= 0.6 is 0 Å². The second-order valence-corrected chi connectivity index (χ2v) is 5.39. The average molecular weight is 308 g/mol. The van der Waals surface area contributed by atoms with Crippen molar-refractivity contribution in [2.45, 2.75) is 13.0 Å². The summed E-state index contributed by atoms with van der Waals surface area (Å²) >= 11 is 0. The zero-order valence-electron chi connectivity index (χ0n) is 12.3. The number of nitrogens with one attached hydrogen (secondary N) is 1. The van der Waals surface area contributed by atoms with Gasteiger partial charge in [0.05, 0.1) is 0 Å². The second kappa shape index (κ2) is 5.01. The maximum atomic E-state index is 13.1. The van der Waals surface area contributed by atoms with Crippen molar-refractivity contribution in [2.24, 2.45) is 4.99 Å². The highest BCUT2D eigenvalue weighted by Crippen LogP contribution is 2.24. The van der Waals surface area contributed by atoms with Crippen LogP contribution < -0.4 is 5.32 Å². The molecule has 6 heteroatoms. The summed E-state index contributed by atoms with van der Waals surface area (Å²) in [5, 5.41) is 3.12. The standard InChI is InChI=1S/C17H13FN4O/c1-10-15(23)14-17(20-13-4-2-3-9-22(13)14)21-16(19-10)11-5-7-12(18)8-6-11/h2-10H,1H3,(H,19,21)/t10-/m0/s1. The molecule has 0 amide bonds. The molecule has 3 heterocycles. The largest absolute Gasteiger partial charge is 0.323 e. The Bertz CT molecular complexity index is 943. The first-order chi connectivity index (χ1) is 11.1. The Hall–Kier alpha value is -3.02. The van der Waals surface area contributed by atoms with Gasteiger partial charge in [0.15, 0.2) is 5.82 Å². The van der Waals surface area contributed by atoms with Crippen LogP contribution in [-0.2, 0) is 0 Å². The number of benzene rings is 1. The molecule has 0 unspecified atom stereocenters. The van der Waals surface area contributed by atoms with Gasteiger partial charge in [-0.1, -0.05) is 6.07 Å². The third-order valence-corrected chi connectivity index (χ3v) is 3.82. The number of aliphatic imine (C=N–C) groups is 1. The van der Waals surface area contributed by atoms with Crippen LogP contribution in [0, 0.1) is 5.82 Å². The van der Waals surface area contributed by atoms with Crippen molar-refractivity contribution in [1.29, 1.82) is 0 Å². The van der Waals surface area contributed by atoms with Gasteiger partial charge in [-0.05, 0) is 43.3 Å². The molecule has 0 spiro atoms. The van der Waals surface area contributed by atoms with Crippen molar-refractivity contribution < 1.29 is 9.18 Å². The monoisotopic (exact) mass is 308 g/mol. The molecule has 5 nitrogen and oxygen atoms in total. The van der Waals surface area contributed by atoms with Gasteiger partial charge in [0, 0.05) is 11.8 Å². The van der Waals surface area contributed by atoms with Crippen molar-refractivity contribution in [3.63, 3.8) is 0 Å². The van der Waals surface area contributed by atoms with E-state index in [-0.39, 0.29) is 11.6 Å². The summed E-state index contributed by atoms with van der Waals surface area (Å²) in [7, 11) is 0. The number of halogens is 1. The van der Waals surface area contributed by atoms with E-state index in [1.807, 2.05) is 18.2 Å². The van der Waals surface area contributed by atoms with E-state index in [0.717, 1.165) is 0 Å². The molecule has 4 rings (SSSR count). The van der Waals surface area contributed by atoms with Crippen molar-refractivity contribution in [2.75, 3.05) is 5.32 Å². The van der Waals surface area contributed by atoms with Crippen molar-refractivity contribution in [3.05, 3.63) is 65.7 Å². The number of nitrogens with zero attached hydrogens (tertiary/aromatic N) is 3. The van der Waals surface area contributed by atoms with Crippen molar-refractivity contribution in [3.8, 4) is 0 Å². The third kappa shape index (κ3) is 2.19. The number of imidazole rings is 1. The number of fused-ring (bicyclic) bond motifs is 3. The number of amidine groups is 1. The molecule has 1 N–H and O–H groups in total. The number of Topliss-reactive ketones (excluding diaryl/α,β-unsaturated/α-hetero) is 1. The molecule has 1 aliphatic heterocycles. The minimum absolute atomic E-state index is 0.108. The molecule has 2 aromatic heterocycles. The number of rotatable bonds is 1. The Kier molecular flexibility index (Phi) is 2.97. The normalized spacial score (nSPS) is 17.4. The summed E-state index contributed by atoms with van der Waals surface area (Å²) in [4.78, 5) is 21.6. The molecule has 0 bridgehead atoms. The molecule has 0 saturated carbocycles. The maximum Gasteiger partial charge on any atom is 0.207 e. The Labute approximate surface area is 131 Å². The smallest absolute Gasteiger partial charge is 0.207 e. The lowest BCUT2D eigenvalue weighted by Crippen LogP contribution is -2.17. The molecule has 1 aromatic carbocycles. The summed E-state index contributed by atoms with van der Waals surface area (Å²) < 4.78 is 14.9. The number of hydrogen-bond donors (Lipinski definition) is 1. The molecular formula is C17H13FN4O. The van der Waals surface area contributed by atoms with E-state index >= 15 is 0 Å². The molecule has 0 aliphatic carbocycles. The third-order valence-electron chi connectivity index (χ3n) is 3.82. The maximum absolute atomic E-state index is 13.1. The number of pyridine rings is 1. The Balaban J connectivity index is 1.88. The van der Waals surface area contributed by atoms with Crippen LogP contribution in [0.5, 0.6) is 0 Å². The van der Waals surface area contributed by atoms with E-state index in [1.165, 1.54) is 12.1 Å². The minimum Gasteiger partial charge on any atom is -0.323 e. The minimum atomic E-state index is -0.552. The Morgan fingerprint density at radius 2 is 1.96 bits per heavy atom. The lowest BCUT2D eigenvalue weighted by molar-refractivity contribution is 0.0965. The number of aromatic nitrogens is 2. The molecule has 3 aromatic rings. The fourth-order valence-electron chi connectivity index (χ4n) is 2.67. The zero-order valence-corrected chi connectivity index (χ0v) is 12.3. The molecule has 0 radical (unpaired) electrons. The van der Waals surface area contributed by atoms with Crippen LogP contribution in [0.15, 0.2) is 53.7 Å². The van der Waals surface area contributed by atoms with E-state index in [1.54, 1.807) is 29.7 Å². The quantitative estimate of drug-likeness (QED) is 0.752. The van der Waals surface area contributed by atoms with Crippen molar-refractivity contribution in [1.82, 2.24) is 9.38 Å². The van der Waals surface area contributed by atoms with Crippen molar-refractivity contribution >= 4 is 23.1 Å². The Morgan fingerprint density at radius 1 is 1.17 bits per heavy atom. The van der Waals surface area contributed by atoms with Gasteiger partial charge in [-0.15, -0.1) is 0 Å². The fourth-order valence-corrected chi connectivity index (χ4v) is 2.67. The van der Waals surface area contributed by atoms with E-state index < -0.39 is 6.04 Å². The van der Waals surface area contributed by atoms with Crippen LogP contribution in [-0.4, -0.2) is 27.0 Å². The molecule has 1 aliphatic rings. The number of ketones is 1. The van der Waals surface area contributed by atoms with E-state index in [9.17, 15) is 9.18 Å². The highest BCUT2D eigenvalue weighted by Gasteiger charge is 2.28. The molecule has 1 atom stereocenters. The number of hydrogen-bond acceptors (Lipinski definition) is 4. The highest BCUT2D eigenvalue weighted by molar-refractivity contribution is 6.15. The van der Waals surface area contributed by atoms with Crippen LogP contribution in [0.2, 0.25) is 0 Å². The topological polar surface area (TPSA) is 58.8 Å². The molecule has 0 fully saturated rings. The molecule has 23 heavy (non-hydrogen) atoms. The predicted octanol–water partition coefficient (Wildman–Crippen LogP) is 2.92. The van der Waals surface area contributed by atoms with Gasteiger partial charge in [0.1, 0.15) is 29.0 Å². The lowest BCUT2D eigenvalue weighted by atomic mass is 10.1. The summed E-state index contributed by atoms with van der Waals surface area (Å²) in [5.41, 5.74) is 1.87. The van der Waals surface area contributed by atoms with Crippen LogP contribution in [0.3, 0.4) is 0 Å². The highest BCUT2D eigenvalue weighted by atomic mass is 19.1. The average Bonchev–Trinajstić information content (AvgIpc) is 2.86. The van der Waals surface area contributed by atoms with E-state index in [0.29, 0.717) is 28.6 Å². The summed E-state index contributed by atoms with van der Waals surface area (Å²) in [5.74, 6) is 0.547. The predicted molar refractivity (Wildman–Crippen MR) is 85.5 cm³/mol. The molecule has 114 valence electrons. The number of carbonyl (C=O) groups is 1. The summed E-state index contributed by atoms with van der Waals surface area (Å²) in [6.07, 6.45) is 1.80. The van der Waals surface area contributed by atoms with Gasteiger partial charge in [-0.2, -0.15) is 0 Å². The van der Waals surface area contributed by atoms with Gasteiger partial charge in [0.2, 0.25) is 5.78 Å². The van der Waals surface area contributed by atoms with Crippen LogP contribution in [0.1, 0.15) is 23.0 Å². The van der Waals surface area contributed by atoms with Crippen LogP contribution in [0.25, 0.3) is 5.65 Å². The fraction of sp³-hybridized carbons (Fsp3) is 0.118. The summed E-state index contributed by atoms with van der Waals surface area (Å²) in [6.45, 7) is 1.74. The van der Waals surface area contributed by atoms with E-state index in [2.05, 4.69) is 15.3 Å². The van der Waals surface area contributed by atoms with Crippen LogP contribution in [0.4, 0.5) is 10.2 Å². The first-order valence-electron chi connectivity index (χ1n) is 7.25. The number of carbonyl (C=O) groups excluding carboxylic acids is 1. The molecular weight excluding hydrogens is 295 g/mol.